The Labute approximate surface area is 118 Å². The van der Waals surface area contributed by atoms with Crippen LogP contribution >= 0.6 is 0 Å². The number of ether oxygens (including phenoxy) is 2. The van der Waals surface area contributed by atoms with Crippen LogP contribution in [0.5, 0.6) is 5.88 Å². The molecule has 1 rings (SSSR count). The Hall–Kier alpha value is -2.07. The molecule has 0 bridgehead atoms. The molecule has 0 radical (unpaired) electrons. The van der Waals surface area contributed by atoms with Crippen LogP contribution in [0.15, 0.2) is 6.07 Å². The first-order chi connectivity index (χ1) is 9.94. The zero-order valence-corrected chi connectivity index (χ0v) is 10.8. The fourth-order valence-electron chi connectivity index (χ4n) is 1.49. The summed E-state index contributed by atoms with van der Waals surface area (Å²) in [4.78, 5) is 13.9. The Kier molecular flexibility index (Phi) is 5.20. The molecule has 11 heteroatoms. The topological polar surface area (TPSA) is 48.4 Å². The number of esters is 1. The number of carbonyl (C=O) groups excluding carboxylic acids is 1. The van der Waals surface area contributed by atoms with E-state index in [9.17, 15) is 35.5 Å². The first kappa shape index (κ1) is 18.0. The van der Waals surface area contributed by atoms with Crippen LogP contribution in [0, 0.1) is 5.95 Å². The molecule has 0 N–H and O–H groups in total. The summed E-state index contributed by atoms with van der Waals surface area (Å²) in [5.41, 5.74) is -3.06. The van der Waals surface area contributed by atoms with Gasteiger partial charge in [-0.15, -0.1) is 13.2 Å². The minimum atomic E-state index is -5.41. The van der Waals surface area contributed by atoms with E-state index in [1.165, 1.54) is 6.92 Å². The summed E-state index contributed by atoms with van der Waals surface area (Å²) in [6.07, 6.45) is -11.8. The molecule has 0 amide bonds. The number of rotatable bonds is 4. The lowest BCUT2D eigenvalue weighted by Gasteiger charge is -2.17. The maximum atomic E-state index is 13.0. The summed E-state index contributed by atoms with van der Waals surface area (Å²) >= 11 is 0. The molecule has 4 nitrogen and oxygen atoms in total. The first-order valence-electron chi connectivity index (χ1n) is 5.62. The summed E-state index contributed by atoms with van der Waals surface area (Å²) in [6.45, 7) is 1.14. The molecule has 1 aromatic rings. The number of pyridine rings is 1. The molecule has 0 unspecified atom stereocenters. The monoisotopic (exact) mass is 335 g/mol. The summed E-state index contributed by atoms with van der Waals surface area (Å²) in [5, 5.41) is 0. The van der Waals surface area contributed by atoms with Crippen molar-refractivity contribution in [3.05, 3.63) is 23.1 Å². The highest BCUT2D eigenvalue weighted by Gasteiger charge is 2.40. The fourth-order valence-corrected chi connectivity index (χ4v) is 1.49. The highest BCUT2D eigenvalue weighted by molar-refractivity contribution is 5.74. The molecule has 1 aromatic heterocycles. The molecular formula is C11H8F7NO3. The molecule has 0 aliphatic rings. The van der Waals surface area contributed by atoms with Crippen LogP contribution in [0.4, 0.5) is 30.7 Å². The van der Waals surface area contributed by atoms with Crippen molar-refractivity contribution < 1.29 is 45.0 Å². The molecule has 0 aromatic carbocycles. The summed E-state index contributed by atoms with van der Waals surface area (Å²) in [7, 11) is 0. The number of carbonyl (C=O) groups is 1. The van der Waals surface area contributed by atoms with Gasteiger partial charge < -0.3 is 9.47 Å². The largest absolute Gasteiger partial charge is 0.574 e. The maximum Gasteiger partial charge on any atom is 0.574 e. The van der Waals surface area contributed by atoms with Gasteiger partial charge in [0.05, 0.1) is 18.6 Å². The van der Waals surface area contributed by atoms with Gasteiger partial charge in [-0.3, -0.25) is 4.79 Å². The van der Waals surface area contributed by atoms with Crippen molar-refractivity contribution in [2.24, 2.45) is 0 Å². The van der Waals surface area contributed by atoms with Crippen LogP contribution in [-0.2, 0) is 22.1 Å². The molecule has 0 saturated carbocycles. The number of alkyl halides is 6. The van der Waals surface area contributed by atoms with Gasteiger partial charge in [0.15, 0.2) is 0 Å². The van der Waals surface area contributed by atoms with E-state index in [4.69, 9.17) is 0 Å². The average molecular weight is 335 g/mol. The molecular weight excluding hydrogens is 327 g/mol. The van der Waals surface area contributed by atoms with Gasteiger partial charge in [0.25, 0.3) is 0 Å². The average Bonchev–Trinajstić information content (AvgIpc) is 2.29. The first-order valence-corrected chi connectivity index (χ1v) is 5.62. The second kappa shape index (κ2) is 6.36. The van der Waals surface area contributed by atoms with Gasteiger partial charge >= 0.3 is 18.5 Å². The molecule has 0 aliphatic carbocycles. The molecule has 0 atom stereocenters. The van der Waals surface area contributed by atoms with E-state index >= 15 is 0 Å². The van der Waals surface area contributed by atoms with Crippen molar-refractivity contribution in [2.75, 3.05) is 6.61 Å². The second-order valence-electron chi connectivity index (χ2n) is 3.80. The van der Waals surface area contributed by atoms with Gasteiger partial charge in [0.2, 0.25) is 11.8 Å². The lowest BCUT2D eigenvalue weighted by Crippen LogP contribution is -2.23. The van der Waals surface area contributed by atoms with E-state index in [-0.39, 0.29) is 12.7 Å². The molecule has 0 saturated heterocycles. The Balaban J connectivity index is 3.40. The normalized spacial score (nSPS) is 12.2. The zero-order chi connectivity index (χ0) is 17.1. The van der Waals surface area contributed by atoms with Crippen molar-refractivity contribution in [1.82, 2.24) is 4.98 Å². The van der Waals surface area contributed by atoms with E-state index in [0.29, 0.717) is 0 Å². The van der Waals surface area contributed by atoms with Gasteiger partial charge in [-0.05, 0) is 6.92 Å². The van der Waals surface area contributed by atoms with E-state index in [1.807, 2.05) is 0 Å². The van der Waals surface area contributed by atoms with Crippen LogP contribution in [0.3, 0.4) is 0 Å². The maximum absolute atomic E-state index is 13.0. The summed E-state index contributed by atoms with van der Waals surface area (Å²) in [6, 6.07) is -0.127. The highest BCUT2D eigenvalue weighted by atomic mass is 19.4. The molecule has 124 valence electrons. The molecule has 22 heavy (non-hydrogen) atoms. The van der Waals surface area contributed by atoms with E-state index in [1.54, 1.807) is 0 Å². The molecule has 1 heterocycles. The van der Waals surface area contributed by atoms with Crippen molar-refractivity contribution in [2.45, 2.75) is 25.9 Å². The zero-order valence-electron chi connectivity index (χ0n) is 10.8. The SMILES string of the molecule is CCOC(=O)Cc1c(C(F)(F)F)cc(F)nc1OC(F)(F)F. The highest BCUT2D eigenvalue weighted by Crippen LogP contribution is 2.37. The number of hydrogen-bond donors (Lipinski definition) is 0. The Morgan fingerprint density at radius 3 is 2.27 bits per heavy atom. The van der Waals surface area contributed by atoms with Crippen LogP contribution in [0.25, 0.3) is 0 Å². The lowest BCUT2D eigenvalue weighted by molar-refractivity contribution is -0.276. The number of halogens is 7. The van der Waals surface area contributed by atoms with Gasteiger partial charge in [0.1, 0.15) is 0 Å². The predicted octanol–water partition coefficient (Wildman–Crippen LogP) is 3.24. The Morgan fingerprint density at radius 2 is 1.82 bits per heavy atom. The van der Waals surface area contributed by atoms with Gasteiger partial charge in [-0.25, -0.2) is 0 Å². The fraction of sp³-hybridized carbons (Fsp3) is 0.455. The van der Waals surface area contributed by atoms with E-state index < -0.39 is 47.9 Å². The van der Waals surface area contributed by atoms with Crippen LogP contribution in [0.1, 0.15) is 18.1 Å². The lowest BCUT2D eigenvalue weighted by atomic mass is 10.1. The van der Waals surface area contributed by atoms with Crippen LogP contribution < -0.4 is 4.74 Å². The third-order valence-electron chi connectivity index (χ3n) is 2.20. The van der Waals surface area contributed by atoms with Crippen molar-refractivity contribution in [3.63, 3.8) is 0 Å². The van der Waals surface area contributed by atoms with Crippen molar-refractivity contribution in [3.8, 4) is 5.88 Å². The van der Waals surface area contributed by atoms with Gasteiger partial charge in [-0.1, -0.05) is 0 Å². The minimum absolute atomic E-state index is 0.127. The van der Waals surface area contributed by atoms with Crippen molar-refractivity contribution in [1.29, 1.82) is 0 Å². The smallest absolute Gasteiger partial charge is 0.466 e. The molecule has 0 spiro atoms. The van der Waals surface area contributed by atoms with Crippen LogP contribution in [0.2, 0.25) is 0 Å². The van der Waals surface area contributed by atoms with Crippen LogP contribution in [-0.4, -0.2) is 23.9 Å². The molecule has 0 aliphatic heterocycles. The standard InChI is InChI=1S/C11H8F7NO3/c1-2-21-8(20)3-5-6(10(13,14)15)4-7(12)19-9(5)22-11(16,17)18/h4H,2-3H2,1H3. The Morgan fingerprint density at radius 1 is 1.23 bits per heavy atom. The Bertz CT molecular complexity index is 554. The van der Waals surface area contributed by atoms with E-state index in [2.05, 4.69) is 14.5 Å². The van der Waals surface area contributed by atoms with E-state index in [0.717, 1.165) is 0 Å². The predicted molar refractivity (Wildman–Crippen MR) is 56.2 cm³/mol. The van der Waals surface area contributed by atoms with Crippen molar-refractivity contribution >= 4 is 5.97 Å². The summed E-state index contributed by atoms with van der Waals surface area (Å²) in [5.74, 6) is -4.76. The second-order valence-corrected chi connectivity index (χ2v) is 3.80. The van der Waals surface area contributed by atoms with Gasteiger partial charge in [-0.2, -0.15) is 22.5 Å². The third-order valence-corrected chi connectivity index (χ3v) is 2.20. The number of nitrogens with zero attached hydrogens (tertiary/aromatic N) is 1. The molecule has 0 fully saturated rings. The van der Waals surface area contributed by atoms with Gasteiger partial charge in [0, 0.05) is 11.6 Å². The third kappa shape index (κ3) is 5.04. The quantitative estimate of drug-likeness (QED) is 0.481. The minimum Gasteiger partial charge on any atom is -0.466 e. The number of hydrogen-bond acceptors (Lipinski definition) is 4. The summed E-state index contributed by atoms with van der Waals surface area (Å²) < 4.78 is 95.6. The number of aromatic nitrogens is 1.